The van der Waals surface area contributed by atoms with Crippen LogP contribution in [0.1, 0.15) is 195 Å². The number of aliphatic hydroxyl groups excluding tert-OH is 1. The van der Waals surface area contributed by atoms with Gasteiger partial charge in [0.25, 0.3) is 0 Å². The number of alkyl carbamates (subject to hydrolysis) is 1. The van der Waals surface area contributed by atoms with Crippen LogP contribution < -0.4 is 5.32 Å². The molecule has 2 N–H and O–H groups in total. The van der Waals surface area contributed by atoms with Crippen molar-refractivity contribution in [2.45, 2.75) is 207 Å². The summed E-state index contributed by atoms with van der Waals surface area (Å²) < 4.78 is 5.38. The van der Waals surface area contributed by atoms with Crippen LogP contribution in [-0.4, -0.2) is 54.0 Å². The average Bonchev–Trinajstić information content (AvgIpc) is 2.93. The molecule has 0 bridgehead atoms. The van der Waals surface area contributed by atoms with Crippen LogP contribution in [0, 0.1) is 0 Å². The number of hydrogen-bond acceptors (Lipinski definition) is 4. The van der Waals surface area contributed by atoms with Gasteiger partial charge in [0, 0.05) is 19.6 Å². The Kier molecular flexibility index (Phi) is 29.6. The van der Waals surface area contributed by atoms with Crippen molar-refractivity contribution in [1.29, 1.82) is 0 Å². The van der Waals surface area contributed by atoms with Gasteiger partial charge in [0.05, 0.1) is 6.10 Å². The summed E-state index contributed by atoms with van der Waals surface area (Å²) in [7, 11) is 0. The standard InChI is InChI=1S/C37H76N2O3/c1-6-8-10-12-14-16-17-18-19-20-21-22-23-25-27-29-32-39(33-31-38-36(41)42-37(3,4)5)34-35(40)30-28-26-24-15-13-11-9-7-2/h35,40H,6-34H2,1-5H3,(H,38,41). The zero-order chi connectivity index (χ0) is 31.2. The van der Waals surface area contributed by atoms with Gasteiger partial charge in [-0.3, -0.25) is 4.90 Å². The molecule has 1 atom stereocenters. The van der Waals surface area contributed by atoms with E-state index in [1.165, 1.54) is 141 Å². The summed E-state index contributed by atoms with van der Waals surface area (Å²) in [4.78, 5) is 14.4. The summed E-state index contributed by atoms with van der Waals surface area (Å²) in [6.45, 7) is 13.2. The van der Waals surface area contributed by atoms with Crippen molar-refractivity contribution >= 4 is 6.09 Å². The van der Waals surface area contributed by atoms with Gasteiger partial charge in [-0.25, -0.2) is 4.79 Å². The minimum atomic E-state index is -0.483. The van der Waals surface area contributed by atoms with Crippen LogP contribution in [0.3, 0.4) is 0 Å². The first-order valence-corrected chi connectivity index (χ1v) is 18.7. The molecule has 0 aliphatic carbocycles. The fourth-order valence-corrected chi connectivity index (χ4v) is 5.71. The molecule has 252 valence electrons. The molecule has 0 spiro atoms. The Labute approximate surface area is 263 Å². The number of ether oxygens (including phenoxy) is 1. The lowest BCUT2D eigenvalue weighted by Crippen LogP contribution is -2.41. The molecule has 5 heteroatoms. The Bertz CT molecular complexity index is 564. The van der Waals surface area contributed by atoms with E-state index in [0.717, 1.165) is 32.4 Å². The third kappa shape index (κ3) is 32.1. The van der Waals surface area contributed by atoms with Crippen molar-refractivity contribution < 1.29 is 14.6 Å². The van der Waals surface area contributed by atoms with E-state index < -0.39 is 5.60 Å². The fraction of sp³-hybridized carbons (Fsp3) is 0.973. The van der Waals surface area contributed by atoms with E-state index in [4.69, 9.17) is 4.74 Å². The molecule has 0 radical (unpaired) electrons. The summed E-state index contributed by atoms with van der Waals surface area (Å²) in [5.74, 6) is 0. The van der Waals surface area contributed by atoms with Gasteiger partial charge < -0.3 is 15.2 Å². The van der Waals surface area contributed by atoms with E-state index >= 15 is 0 Å². The van der Waals surface area contributed by atoms with Crippen LogP contribution in [0.4, 0.5) is 4.79 Å². The summed E-state index contributed by atoms with van der Waals surface area (Å²) in [6.07, 6.45) is 32.6. The predicted molar refractivity (Wildman–Crippen MR) is 183 cm³/mol. The van der Waals surface area contributed by atoms with Gasteiger partial charge in [-0.2, -0.15) is 0 Å². The van der Waals surface area contributed by atoms with Crippen molar-refractivity contribution in [2.75, 3.05) is 26.2 Å². The van der Waals surface area contributed by atoms with Gasteiger partial charge in [0.1, 0.15) is 5.60 Å². The second kappa shape index (κ2) is 30.2. The highest BCUT2D eigenvalue weighted by Crippen LogP contribution is 2.15. The molecule has 5 nitrogen and oxygen atoms in total. The van der Waals surface area contributed by atoms with E-state index in [2.05, 4.69) is 24.1 Å². The molecule has 0 aliphatic rings. The third-order valence-electron chi connectivity index (χ3n) is 8.28. The lowest BCUT2D eigenvalue weighted by Gasteiger charge is -2.26. The minimum absolute atomic E-state index is 0.285. The number of carbonyl (C=O) groups excluding carboxylic acids is 1. The van der Waals surface area contributed by atoms with Crippen molar-refractivity contribution in [2.24, 2.45) is 0 Å². The number of rotatable bonds is 31. The number of nitrogens with zero attached hydrogens (tertiary/aromatic N) is 1. The molecular formula is C37H76N2O3. The van der Waals surface area contributed by atoms with Crippen LogP contribution in [0.5, 0.6) is 0 Å². The summed E-state index contributed by atoms with van der Waals surface area (Å²) in [5.41, 5.74) is -0.483. The third-order valence-corrected chi connectivity index (χ3v) is 8.28. The largest absolute Gasteiger partial charge is 0.444 e. The molecule has 42 heavy (non-hydrogen) atoms. The Morgan fingerprint density at radius 3 is 1.40 bits per heavy atom. The van der Waals surface area contributed by atoms with Gasteiger partial charge in [0.15, 0.2) is 0 Å². The van der Waals surface area contributed by atoms with Crippen molar-refractivity contribution in [1.82, 2.24) is 10.2 Å². The summed E-state index contributed by atoms with van der Waals surface area (Å²) in [6, 6.07) is 0. The molecule has 0 fully saturated rings. The van der Waals surface area contributed by atoms with E-state index in [0.29, 0.717) is 13.1 Å². The quantitative estimate of drug-likeness (QED) is 0.0781. The van der Waals surface area contributed by atoms with Crippen LogP contribution >= 0.6 is 0 Å². The zero-order valence-corrected chi connectivity index (χ0v) is 29.3. The lowest BCUT2D eigenvalue weighted by atomic mass is 10.0. The molecule has 0 rings (SSSR count). The van der Waals surface area contributed by atoms with Gasteiger partial charge >= 0.3 is 6.09 Å². The minimum Gasteiger partial charge on any atom is -0.444 e. The van der Waals surface area contributed by atoms with Crippen LogP contribution in [0.25, 0.3) is 0 Å². The Balaban J connectivity index is 4.05. The van der Waals surface area contributed by atoms with E-state index in [1.807, 2.05) is 20.8 Å². The summed E-state index contributed by atoms with van der Waals surface area (Å²) in [5, 5.41) is 13.6. The van der Waals surface area contributed by atoms with Crippen molar-refractivity contribution in [3.05, 3.63) is 0 Å². The Hall–Kier alpha value is -0.810. The van der Waals surface area contributed by atoms with E-state index in [-0.39, 0.29) is 12.2 Å². The van der Waals surface area contributed by atoms with Crippen molar-refractivity contribution in [3.63, 3.8) is 0 Å². The first-order chi connectivity index (χ1) is 20.3. The highest BCUT2D eigenvalue weighted by Gasteiger charge is 2.17. The highest BCUT2D eigenvalue weighted by atomic mass is 16.6. The number of nitrogens with one attached hydrogen (secondary N) is 1. The molecule has 0 heterocycles. The monoisotopic (exact) mass is 597 g/mol. The van der Waals surface area contributed by atoms with Crippen LogP contribution in [0.2, 0.25) is 0 Å². The molecular weight excluding hydrogens is 520 g/mol. The molecule has 0 aromatic carbocycles. The summed E-state index contributed by atoms with van der Waals surface area (Å²) >= 11 is 0. The molecule has 0 saturated carbocycles. The van der Waals surface area contributed by atoms with E-state index in [9.17, 15) is 9.90 Å². The molecule has 0 aromatic rings. The zero-order valence-electron chi connectivity index (χ0n) is 29.3. The molecule has 0 aliphatic heterocycles. The van der Waals surface area contributed by atoms with Crippen LogP contribution in [0.15, 0.2) is 0 Å². The fourth-order valence-electron chi connectivity index (χ4n) is 5.71. The number of aliphatic hydroxyl groups is 1. The van der Waals surface area contributed by atoms with E-state index in [1.54, 1.807) is 0 Å². The van der Waals surface area contributed by atoms with Crippen molar-refractivity contribution in [3.8, 4) is 0 Å². The maximum absolute atomic E-state index is 12.1. The SMILES string of the molecule is CCCCCCCCCCCCCCCCCCN(CCNC(=O)OC(C)(C)C)CC(O)CCCCCCCCCC. The Morgan fingerprint density at radius 2 is 1.00 bits per heavy atom. The topological polar surface area (TPSA) is 61.8 Å². The maximum Gasteiger partial charge on any atom is 0.407 e. The molecule has 0 saturated heterocycles. The lowest BCUT2D eigenvalue weighted by molar-refractivity contribution is 0.0515. The maximum atomic E-state index is 12.1. The van der Waals surface area contributed by atoms with Gasteiger partial charge in [-0.15, -0.1) is 0 Å². The number of amides is 1. The highest BCUT2D eigenvalue weighted by molar-refractivity contribution is 5.67. The molecule has 1 amide bonds. The molecule has 1 unspecified atom stereocenters. The van der Waals surface area contributed by atoms with Crippen LogP contribution in [-0.2, 0) is 4.74 Å². The van der Waals surface area contributed by atoms with Gasteiger partial charge in [-0.05, 0) is 40.2 Å². The normalized spacial score (nSPS) is 12.6. The number of hydrogen-bond donors (Lipinski definition) is 2. The molecule has 0 aromatic heterocycles. The number of unbranched alkanes of at least 4 members (excludes halogenated alkanes) is 22. The average molecular weight is 597 g/mol. The first kappa shape index (κ1) is 41.2. The Morgan fingerprint density at radius 1 is 0.619 bits per heavy atom. The first-order valence-electron chi connectivity index (χ1n) is 18.7. The smallest absolute Gasteiger partial charge is 0.407 e. The van der Waals surface area contributed by atoms with Gasteiger partial charge in [-0.1, -0.05) is 162 Å². The van der Waals surface area contributed by atoms with Gasteiger partial charge in [0.2, 0.25) is 0 Å². The second-order valence-corrected chi connectivity index (χ2v) is 13.9. The predicted octanol–water partition coefficient (Wildman–Crippen LogP) is 11.0. The number of carbonyl (C=O) groups is 1. The second-order valence-electron chi connectivity index (χ2n) is 13.9.